The summed E-state index contributed by atoms with van der Waals surface area (Å²) in [5, 5.41) is 11.1. The number of aromatic nitrogens is 1. The van der Waals surface area contributed by atoms with Crippen LogP contribution in [0.1, 0.15) is 57.6 Å². The average molecular weight is 630 g/mol. The van der Waals surface area contributed by atoms with Gasteiger partial charge in [0.05, 0.1) is 18.4 Å². The molecule has 3 amide bonds. The molecule has 0 spiro atoms. The summed E-state index contributed by atoms with van der Waals surface area (Å²) in [7, 11) is 1.21. The summed E-state index contributed by atoms with van der Waals surface area (Å²) >= 11 is 0. The van der Waals surface area contributed by atoms with Crippen molar-refractivity contribution in [3.8, 4) is 17.4 Å². The summed E-state index contributed by atoms with van der Waals surface area (Å²) in [6.07, 6.45) is -2.56. The molecule has 2 aliphatic heterocycles. The first-order valence-electron chi connectivity index (χ1n) is 14.2. The number of carbonyl (C=O) groups is 4. The Bertz CT molecular complexity index is 1470. The molecule has 3 heterocycles. The van der Waals surface area contributed by atoms with Crippen LogP contribution >= 0.6 is 0 Å². The minimum atomic E-state index is -1.14. The van der Waals surface area contributed by atoms with Crippen LogP contribution < -0.4 is 35.5 Å². The third-order valence-corrected chi connectivity index (χ3v) is 6.15. The van der Waals surface area contributed by atoms with Gasteiger partial charge >= 0.3 is 18.2 Å². The first-order chi connectivity index (χ1) is 21.0. The Labute approximate surface area is 260 Å². The number of pyridine rings is 1. The van der Waals surface area contributed by atoms with Crippen molar-refractivity contribution in [2.45, 2.75) is 78.0 Å². The Morgan fingerprint density at radius 3 is 2.24 bits per heavy atom. The van der Waals surface area contributed by atoms with Gasteiger partial charge in [0.25, 0.3) is 5.91 Å². The Morgan fingerprint density at radius 2 is 1.60 bits per heavy atom. The second kappa shape index (κ2) is 13.0. The van der Waals surface area contributed by atoms with Gasteiger partial charge in [-0.15, -0.1) is 0 Å². The highest BCUT2D eigenvalue weighted by Crippen LogP contribution is 2.40. The second-order valence-corrected chi connectivity index (χ2v) is 12.4. The van der Waals surface area contributed by atoms with Crippen molar-refractivity contribution >= 4 is 35.4 Å². The van der Waals surface area contributed by atoms with E-state index in [1.807, 2.05) is 6.92 Å². The van der Waals surface area contributed by atoms with Crippen LogP contribution in [0.15, 0.2) is 24.3 Å². The van der Waals surface area contributed by atoms with Gasteiger partial charge in [0.1, 0.15) is 42.2 Å². The van der Waals surface area contributed by atoms with E-state index in [-0.39, 0.29) is 36.0 Å². The highest BCUT2D eigenvalue weighted by Gasteiger charge is 2.35. The first-order valence-corrected chi connectivity index (χ1v) is 14.2. The standard InChI is InChI=1S/C30H39N5O10/c1-15-9-10-17-24(31-15)42-14-20(35-28(39)45-30(5,6)7)25(33-17)43-21-12-16(26(37)40-8)11-18-22(21)41-13-19(23(36)32-18)34-27(38)44-29(2,3)4/h9-12,19-20,25,33H,13-14H2,1-8H3,(H,32,36)(H,34,38)(H,35,39)/t19-,20?,25?/m0/s1. The summed E-state index contributed by atoms with van der Waals surface area (Å²) in [5.41, 5.74) is -0.258. The lowest BCUT2D eigenvalue weighted by Crippen LogP contribution is -2.52. The molecule has 2 aromatic rings. The number of fused-ring (bicyclic) bond motifs is 2. The minimum absolute atomic E-state index is 0.0168. The van der Waals surface area contributed by atoms with Crippen LogP contribution in [0.25, 0.3) is 0 Å². The zero-order valence-electron chi connectivity index (χ0n) is 26.5. The molecule has 244 valence electrons. The normalized spacial score (nSPS) is 19.3. The number of methoxy groups -OCH3 is 1. The van der Waals surface area contributed by atoms with E-state index in [1.54, 1.807) is 53.7 Å². The van der Waals surface area contributed by atoms with E-state index < -0.39 is 53.6 Å². The second-order valence-electron chi connectivity index (χ2n) is 12.4. The SMILES string of the molecule is COC(=O)c1cc2c(c(OC3Nc4ccc(C)nc4OCC3NC(=O)OC(C)(C)C)c1)OC[C@H](NC(=O)OC(C)(C)C)C(=O)N2. The van der Waals surface area contributed by atoms with E-state index in [0.717, 1.165) is 0 Å². The third-order valence-electron chi connectivity index (χ3n) is 6.15. The monoisotopic (exact) mass is 629 g/mol. The molecule has 0 bridgehead atoms. The molecule has 2 aliphatic rings. The quantitative estimate of drug-likeness (QED) is 0.279. The molecule has 15 heteroatoms. The maximum atomic E-state index is 13.1. The average Bonchev–Trinajstić information content (AvgIpc) is 3.17. The van der Waals surface area contributed by atoms with Gasteiger partial charge in [-0.2, -0.15) is 0 Å². The number of esters is 1. The number of hydrogen-bond donors (Lipinski definition) is 4. The van der Waals surface area contributed by atoms with E-state index >= 15 is 0 Å². The molecule has 1 aromatic heterocycles. The first kappa shape index (κ1) is 33.0. The van der Waals surface area contributed by atoms with Gasteiger partial charge in [-0.3, -0.25) is 4.79 Å². The van der Waals surface area contributed by atoms with Crippen molar-refractivity contribution in [2.75, 3.05) is 31.0 Å². The van der Waals surface area contributed by atoms with Gasteiger partial charge in [-0.25, -0.2) is 19.4 Å². The number of aryl methyl sites for hydroxylation is 1. The molecule has 15 nitrogen and oxygen atoms in total. The lowest BCUT2D eigenvalue weighted by molar-refractivity contribution is -0.118. The van der Waals surface area contributed by atoms with Crippen molar-refractivity contribution in [2.24, 2.45) is 0 Å². The van der Waals surface area contributed by atoms with Gasteiger partial charge in [-0.1, -0.05) is 0 Å². The van der Waals surface area contributed by atoms with Crippen LogP contribution in [-0.4, -0.2) is 78.9 Å². The van der Waals surface area contributed by atoms with Crippen LogP contribution in [0, 0.1) is 6.92 Å². The zero-order valence-corrected chi connectivity index (χ0v) is 26.5. The van der Waals surface area contributed by atoms with Crippen molar-refractivity contribution in [1.29, 1.82) is 0 Å². The summed E-state index contributed by atoms with van der Waals surface area (Å²) in [5.74, 6) is -0.958. The number of alkyl carbamates (subject to hydrolysis) is 2. The van der Waals surface area contributed by atoms with E-state index in [1.165, 1.54) is 19.2 Å². The molecule has 2 unspecified atom stereocenters. The van der Waals surface area contributed by atoms with Crippen LogP contribution in [0.5, 0.6) is 17.4 Å². The zero-order chi connectivity index (χ0) is 33.1. The topological polar surface area (TPSA) is 185 Å². The van der Waals surface area contributed by atoms with Crippen LogP contribution in [0.3, 0.4) is 0 Å². The van der Waals surface area contributed by atoms with Crippen LogP contribution in [-0.2, 0) is 19.0 Å². The number of nitrogens with zero attached hydrogens (tertiary/aromatic N) is 1. The molecular formula is C30H39N5O10. The maximum absolute atomic E-state index is 13.1. The number of nitrogens with one attached hydrogen (secondary N) is 4. The van der Waals surface area contributed by atoms with Crippen LogP contribution in [0.4, 0.5) is 21.0 Å². The van der Waals surface area contributed by atoms with E-state index in [2.05, 4.69) is 26.3 Å². The van der Waals surface area contributed by atoms with Crippen molar-refractivity contribution in [3.63, 3.8) is 0 Å². The van der Waals surface area contributed by atoms with Gasteiger partial charge < -0.3 is 49.7 Å². The van der Waals surface area contributed by atoms with Gasteiger partial charge in [0, 0.05) is 5.69 Å². The predicted octanol–water partition coefficient (Wildman–Crippen LogP) is 3.50. The van der Waals surface area contributed by atoms with Gasteiger partial charge in [-0.05, 0) is 72.7 Å². The summed E-state index contributed by atoms with van der Waals surface area (Å²) in [4.78, 5) is 55.4. The van der Waals surface area contributed by atoms with Crippen molar-refractivity contribution in [3.05, 3.63) is 35.5 Å². The van der Waals surface area contributed by atoms with E-state index in [9.17, 15) is 19.2 Å². The molecule has 0 fully saturated rings. The fourth-order valence-electron chi connectivity index (χ4n) is 4.27. The predicted molar refractivity (Wildman–Crippen MR) is 161 cm³/mol. The molecule has 0 radical (unpaired) electrons. The Kier molecular flexibility index (Phi) is 9.49. The Morgan fingerprint density at radius 1 is 0.933 bits per heavy atom. The molecule has 3 atom stereocenters. The summed E-state index contributed by atoms with van der Waals surface area (Å²) in [6.45, 7) is 11.7. The summed E-state index contributed by atoms with van der Waals surface area (Å²) in [6, 6.07) is 4.27. The maximum Gasteiger partial charge on any atom is 0.408 e. The van der Waals surface area contributed by atoms with Gasteiger partial charge in [0.2, 0.25) is 5.88 Å². The Hall–Kier alpha value is -4.95. The molecular weight excluding hydrogens is 590 g/mol. The number of ether oxygens (including phenoxy) is 6. The molecule has 4 rings (SSSR count). The highest BCUT2D eigenvalue weighted by molar-refractivity contribution is 6.01. The fourth-order valence-corrected chi connectivity index (χ4v) is 4.27. The third kappa shape index (κ3) is 8.80. The minimum Gasteiger partial charge on any atom is -0.485 e. The molecule has 45 heavy (non-hydrogen) atoms. The highest BCUT2D eigenvalue weighted by atomic mass is 16.6. The van der Waals surface area contributed by atoms with Crippen LogP contribution in [0.2, 0.25) is 0 Å². The van der Waals surface area contributed by atoms with E-state index in [0.29, 0.717) is 17.3 Å². The number of hydrogen-bond acceptors (Lipinski definition) is 12. The summed E-state index contributed by atoms with van der Waals surface area (Å²) < 4.78 is 33.9. The fraction of sp³-hybridized carbons (Fsp3) is 0.500. The molecule has 0 aliphatic carbocycles. The number of benzene rings is 1. The number of amides is 3. The molecule has 1 aromatic carbocycles. The number of rotatable bonds is 5. The van der Waals surface area contributed by atoms with Crippen molar-refractivity contribution in [1.82, 2.24) is 15.6 Å². The lowest BCUT2D eigenvalue weighted by atomic mass is 10.1. The number of carbonyl (C=O) groups excluding carboxylic acids is 4. The largest absolute Gasteiger partial charge is 0.485 e. The van der Waals surface area contributed by atoms with Crippen molar-refractivity contribution < 1.29 is 47.6 Å². The molecule has 0 saturated heterocycles. The molecule has 4 N–H and O–H groups in total. The lowest BCUT2D eigenvalue weighted by Gasteiger charge is -2.29. The smallest absolute Gasteiger partial charge is 0.408 e. The van der Waals surface area contributed by atoms with Gasteiger partial charge in [0.15, 0.2) is 17.7 Å². The molecule has 0 saturated carbocycles. The van der Waals surface area contributed by atoms with E-state index in [4.69, 9.17) is 28.4 Å². The Balaban J connectivity index is 1.69. The number of anilines is 2.